The summed E-state index contributed by atoms with van der Waals surface area (Å²) in [6.07, 6.45) is 10.8. The molecule has 0 spiro atoms. The van der Waals surface area contributed by atoms with Gasteiger partial charge in [0, 0.05) is 55.5 Å². The number of carbonyl (C=O) groups excluding carboxylic acids is 2. The molecule has 5 heterocycles. The van der Waals surface area contributed by atoms with Crippen LogP contribution in [0.4, 0.5) is 4.39 Å². The van der Waals surface area contributed by atoms with E-state index in [-0.39, 0.29) is 47.0 Å². The maximum atomic E-state index is 14.3. The molecule has 0 radical (unpaired) electrons. The third kappa shape index (κ3) is 8.68. The van der Waals surface area contributed by atoms with Gasteiger partial charge in [0.25, 0.3) is 5.78 Å². The average molecular weight is 684 g/mol. The van der Waals surface area contributed by atoms with E-state index in [1.807, 2.05) is 33.9 Å². The molecule has 3 fully saturated rings. The Morgan fingerprint density at radius 2 is 1.85 bits per heavy atom. The molecule has 3 aromatic rings. The Kier molecular flexibility index (Phi) is 11.4. The highest BCUT2D eigenvalue weighted by molar-refractivity contribution is 7.18. The number of hydrogen-bond donors (Lipinski definition) is 1. The first kappa shape index (κ1) is 36.5. The third-order valence-electron chi connectivity index (χ3n) is 10.3. The number of imidazole rings is 1. The summed E-state index contributed by atoms with van der Waals surface area (Å²) in [4.78, 5) is 34.2. The first-order valence-corrected chi connectivity index (χ1v) is 18.4. The zero-order valence-electron chi connectivity index (χ0n) is 29.8. The van der Waals surface area contributed by atoms with Gasteiger partial charge in [-0.25, -0.2) is 18.9 Å². The average Bonchev–Trinajstić information content (AvgIpc) is 3.69. The molecule has 1 amide bonds. The van der Waals surface area contributed by atoms with Crippen molar-refractivity contribution in [2.24, 2.45) is 17.8 Å². The highest BCUT2D eigenvalue weighted by Gasteiger charge is 2.36. The Bertz CT molecular complexity index is 1570. The van der Waals surface area contributed by atoms with Gasteiger partial charge in [0.15, 0.2) is 5.78 Å². The van der Waals surface area contributed by atoms with Gasteiger partial charge in [-0.3, -0.25) is 14.3 Å². The number of amides is 1. The summed E-state index contributed by atoms with van der Waals surface area (Å²) in [5.41, 5.74) is 3.35. The lowest BCUT2D eigenvalue weighted by Crippen LogP contribution is -2.38. The topological polar surface area (TPSA) is 116 Å². The van der Waals surface area contributed by atoms with Gasteiger partial charge in [0.05, 0.1) is 28.9 Å². The number of halogens is 1. The highest BCUT2D eigenvalue weighted by Crippen LogP contribution is 2.44. The molecule has 1 N–H and O–H groups in total. The van der Waals surface area contributed by atoms with Crippen molar-refractivity contribution < 1.29 is 18.7 Å². The summed E-state index contributed by atoms with van der Waals surface area (Å²) in [5.74, 6) is 1.72. The van der Waals surface area contributed by atoms with Crippen molar-refractivity contribution in [3.8, 4) is 0 Å². The van der Waals surface area contributed by atoms with E-state index in [0.29, 0.717) is 43.3 Å². The van der Waals surface area contributed by atoms with Crippen molar-refractivity contribution in [1.29, 1.82) is 0 Å². The lowest BCUT2D eigenvalue weighted by Gasteiger charge is -2.35. The smallest absolute Gasteiger partial charge is 0.251 e. The number of ketones is 1. The first-order chi connectivity index (χ1) is 22.6. The van der Waals surface area contributed by atoms with Gasteiger partial charge in [-0.15, -0.1) is 0 Å². The normalized spacial score (nSPS) is 26.6. The standard InChI is InChI=1S/C26H39FN5O2P.C10H16N2O/c1-16(17-6-9-26(27,35)10-7-17)21-15-32-24(29-21)30-22(19-8-12-34-25(2,3)14-19)20(31-32)13-18-5-4-11-28-23(18)33;1-7(2)10(13)9-5-6-11-12(9)8(3)4/h15-19H,4-14,35H2,1-3H3,(H,28,33);5-8H,1-4H3. The fourth-order valence-corrected chi connectivity index (χ4v) is 7.71. The van der Waals surface area contributed by atoms with E-state index in [1.165, 1.54) is 0 Å². The predicted molar refractivity (Wildman–Crippen MR) is 188 cm³/mol. The van der Waals surface area contributed by atoms with Crippen molar-refractivity contribution in [2.75, 3.05) is 13.2 Å². The van der Waals surface area contributed by atoms with Crippen LogP contribution in [0.3, 0.4) is 0 Å². The maximum Gasteiger partial charge on any atom is 0.251 e. The van der Waals surface area contributed by atoms with Crippen LogP contribution in [0, 0.1) is 17.8 Å². The summed E-state index contributed by atoms with van der Waals surface area (Å²) in [5, 5.41) is 11.0. The van der Waals surface area contributed by atoms with Gasteiger partial charge in [-0.05, 0) is 91.0 Å². The van der Waals surface area contributed by atoms with Gasteiger partial charge >= 0.3 is 0 Å². The fourth-order valence-electron chi connectivity index (χ4n) is 7.38. The minimum atomic E-state index is -1.12. The highest BCUT2D eigenvalue weighted by atomic mass is 31.0. The largest absolute Gasteiger partial charge is 0.376 e. The number of hydrogen-bond acceptors (Lipinski definition) is 7. The number of nitrogens with zero attached hydrogens (tertiary/aromatic N) is 6. The second-order valence-electron chi connectivity index (χ2n) is 15.4. The van der Waals surface area contributed by atoms with Crippen LogP contribution in [0.5, 0.6) is 0 Å². The Hall–Kier alpha value is -2.78. The SMILES string of the molecule is CC(C)C(=O)c1ccnn1C(C)C.CC(c1cn2nc(CC3CCCNC3=O)c(C3CCOC(C)(C)C3)nc2n1)C1CCC(F)(P)CC1. The van der Waals surface area contributed by atoms with E-state index in [1.54, 1.807) is 21.5 Å². The molecule has 4 unspecified atom stereocenters. The Balaban J connectivity index is 0.000000292. The number of carbonyl (C=O) groups is 2. The van der Waals surface area contributed by atoms with Crippen molar-refractivity contribution >= 4 is 26.7 Å². The zero-order chi connectivity index (χ0) is 34.8. The van der Waals surface area contributed by atoms with E-state index in [2.05, 4.69) is 40.4 Å². The Morgan fingerprint density at radius 1 is 1.12 bits per heavy atom. The molecular formula is C36H55FN7O3P. The number of nitrogens with one attached hydrogen (secondary N) is 1. The summed E-state index contributed by atoms with van der Waals surface area (Å²) < 4.78 is 23.8. The Morgan fingerprint density at radius 3 is 2.50 bits per heavy atom. The lowest BCUT2D eigenvalue weighted by atomic mass is 9.79. The predicted octanol–water partition coefficient (Wildman–Crippen LogP) is 7.00. The van der Waals surface area contributed by atoms with Gasteiger partial charge in [-0.2, -0.15) is 10.2 Å². The molecule has 2 aliphatic heterocycles. The third-order valence-corrected chi connectivity index (χ3v) is 10.9. The van der Waals surface area contributed by atoms with Crippen LogP contribution in [-0.4, -0.2) is 65.2 Å². The van der Waals surface area contributed by atoms with Crippen LogP contribution in [0.15, 0.2) is 18.5 Å². The molecule has 48 heavy (non-hydrogen) atoms. The van der Waals surface area contributed by atoms with Gasteiger partial charge in [-0.1, -0.05) is 30.0 Å². The zero-order valence-corrected chi connectivity index (χ0v) is 31.0. The molecule has 0 aromatic carbocycles. The van der Waals surface area contributed by atoms with Gasteiger partial charge in [0.2, 0.25) is 5.91 Å². The van der Waals surface area contributed by atoms with Crippen molar-refractivity contribution in [1.82, 2.24) is 34.7 Å². The maximum absolute atomic E-state index is 14.3. The molecule has 3 aromatic heterocycles. The van der Waals surface area contributed by atoms with Crippen molar-refractivity contribution in [3.63, 3.8) is 0 Å². The second-order valence-corrected chi connectivity index (χ2v) is 16.5. The van der Waals surface area contributed by atoms with E-state index in [0.717, 1.165) is 62.2 Å². The molecular weight excluding hydrogens is 628 g/mol. The van der Waals surface area contributed by atoms with E-state index in [9.17, 15) is 14.0 Å². The van der Waals surface area contributed by atoms with E-state index < -0.39 is 5.41 Å². The molecule has 4 atom stereocenters. The van der Waals surface area contributed by atoms with E-state index in [4.69, 9.17) is 19.8 Å². The van der Waals surface area contributed by atoms with Crippen LogP contribution >= 0.6 is 9.24 Å². The number of alkyl halides is 1. The molecule has 10 nitrogen and oxygen atoms in total. The van der Waals surface area contributed by atoms with Crippen molar-refractivity contribution in [3.05, 3.63) is 41.2 Å². The summed E-state index contributed by atoms with van der Waals surface area (Å²) >= 11 is 0. The van der Waals surface area contributed by atoms with Crippen molar-refractivity contribution in [2.45, 2.75) is 135 Å². The molecule has 6 rings (SSSR count). The molecule has 0 bridgehead atoms. The van der Waals surface area contributed by atoms with Crippen LogP contribution < -0.4 is 5.32 Å². The number of piperidine rings is 1. The van der Waals surface area contributed by atoms with Crippen LogP contribution in [0.25, 0.3) is 5.78 Å². The number of Topliss-reactive ketones (excluding diaryl/α,β-unsaturated/α-hetero) is 1. The monoisotopic (exact) mass is 683 g/mol. The van der Waals surface area contributed by atoms with Gasteiger partial charge < -0.3 is 10.1 Å². The fraction of sp³-hybridized carbons (Fsp3) is 0.722. The molecule has 1 saturated carbocycles. The summed E-state index contributed by atoms with van der Waals surface area (Å²) in [6.45, 7) is 15.7. The summed E-state index contributed by atoms with van der Waals surface area (Å²) in [6, 6.07) is 2.02. The minimum absolute atomic E-state index is 0.0363. The van der Waals surface area contributed by atoms with Crippen LogP contribution in [-0.2, 0) is 16.0 Å². The molecule has 264 valence electrons. The quantitative estimate of drug-likeness (QED) is 0.201. The lowest BCUT2D eigenvalue weighted by molar-refractivity contribution is -0.126. The minimum Gasteiger partial charge on any atom is -0.376 e. The number of ether oxygens (including phenoxy) is 1. The number of rotatable bonds is 8. The molecule has 12 heteroatoms. The number of fused-ring (bicyclic) bond motifs is 1. The van der Waals surface area contributed by atoms with E-state index >= 15 is 0 Å². The van der Waals surface area contributed by atoms with Gasteiger partial charge in [0.1, 0.15) is 11.1 Å². The Labute approximate surface area is 287 Å². The second kappa shape index (κ2) is 15.0. The molecule has 2 saturated heterocycles. The molecule has 1 aliphatic carbocycles. The number of aromatic nitrogens is 6. The van der Waals surface area contributed by atoms with Crippen LogP contribution in [0.1, 0.15) is 145 Å². The summed E-state index contributed by atoms with van der Waals surface area (Å²) in [7, 11) is 2.39. The first-order valence-electron chi connectivity index (χ1n) is 17.9. The molecule has 3 aliphatic rings. The van der Waals surface area contributed by atoms with Crippen LogP contribution in [0.2, 0.25) is 0 Å².